The van der Waals surface area contributed by atoms with Crippen LogP contribution in [0.5, 0.6) is 0 Å². The van der Waals surface area contributed by atoms with Crippen LogP contribution in [0.1, 0.15) is 32.0 Å². The number of aryl methyl sites for hydroxylation is 1. The number of ether oxygens (including phenoxy) is 2. The highest BCUT2D eigenvalue weighted by molar-refractivity contribution is 6.36. The molecule has 0 aliphatic rings. The summed E-state index contributed by atoms with van der Waals surface area (Å²) in [7, 11) is 1.18. The van der Waals surface area contributed by atoms with Gasteiger partial charge in [0, 0.05) is 11.3 Å². The zero-order valence-corrected chi connectivity index (χ0v) is 15.0. The van der Waals surface area contributed by atoms with E-state index >= 15 is 0 Å². The Balaban J connectivity index is 3.18. The molecule has 1 aromatic rings. The lowest BCUT2D eigenvalue weighted by Crippen LogP contribution is -2.34. The fourth-order valence-corrected chi connectivity index (χ4v) is 2.19. The summed E-state index contributed by atoms with van der Waals surface area (Å²) in [5, 5.41) is 2.71. The van der Waals surface area contributed by atoms with Crippen LogP contribution in [0.25, 0.3) is 6.08 Å². The number of methoxy groups -OCH3 is 1. The smallest absolute Gasteiger partial charge is 0.412 e. The van der Waals surface area contributed by atoms with Crippen LogP contribution in [-0.4, -0.2) is 29.8 Å². The summed E-state index contributed by atoms with van der Waals surface area (Å²) in [6.07, 6.45) is 0.480. The van der Waals surface area contributed by atoms with Gasteiger partial charge >= 0.3 is 12.1 Å². The average molecular weight is 361 g/mol. The molecule has 1 aromatic heterocycles. The van der Waals surface area contributed by atoms with Gasteiger partial charge in [-0.1, -0.05) is 23.2 Å². The minimum absolute atomic E-state index is 0.0994. The van der Waals surface area contributed by atoms with Crippen molar-refractivity contribution in [1.29, 1.82) is 0 Å². The van der Waals surface area contributed by atoms with Crippen molar-refractivity contribution in [3.8, 4) is 0 Å². The quantitative estimate of drug-likeness (QED) is 0.504. The highest BCUT2D eigenvalue weighted by atomic mass is 35.5. The summed E-state index contributed by atoms with van der Waals surface area (Å²) >= 11 is 12.1. The normalized spacial score (nSPS) is 11.9. The minimum Gasteiger partial charge on any atom is -0.464 e. The maximum Gasteiger partial charge on any atom is 0.412 e. The lowest BCUT2D eigenvalue weighted by atomic mass is 10.2. The first kappa shape index (κ1) is 19.3. The fourth-order valence-electron chi connectivity index (χ4n) is 1.55. The lowest BCUT2D eigenvalue weighted by Gasteiger charge is -2.20. The number of hydrogen-bond acceptors (Lipinski definition) is 5. The molecule has 0 aliphatic carbocycles. The zero-order chi connectivity index (χ0) is 17.8. The van der Waals surface area contributed by atoms with E-state index in [4.69, 9.17) is 27.9 Å². The average Bonchev–Trinajstić information content (AvgIpc) is 2.38. The Hall–Kier alpha value is -1.79. The molecule has 0 aliphatic heterocycles. The molecule has 1 N–H and O–H groups in total. The number of carbonyl (C=O) groups excluding carboxylic acids is 2. The number of nitrogens with one attached hydrogen (secondary N) is 1. The molecule has 6 nitrogen and oxygen atoms in total. The number of halogens is 2. The number of pyridine rings is 1. The van der Waals surface area contributed by atoms with Gasteiger partial charge in [-0.3, -0.25) is 5.32 Å². The molecule has 8 heteroatoms. The molecule has 0 fully saturated rings. The van der Waals surface area contributed by atoms with E-state index in [1.165, 1.54) is 13.2 Å². The minimum atomic E-state index is -0.804. The molecule has 0 atom stereocenters. The van der Waals surface area contributed by atoms with Crippen LogP contribution in [-0.2, 0) is 14.3 Å². The highest BCUT2D eigenvalue weighted by Crippen LogP contribution is 2.26. The van der Waals surface area contributed by atoms with Crippen molar-refractivity contribution in [3.05, 3.63) is 33.2 Å². The molecule has 1 heterocycles. The number of amides is 1. The molecular formula is C15H18Cl2N2O4. The Bertz CT molecular complexity index is 628. The van der Waals surface area contributed by atoms with Crippen LogP contribution in [0.3, 0.4) is 0 Å². The molecule has 0 aromatic carbocycles. The number of alkyl carbamates (subject to hydrolysis) is 1. The molecule has 0 saturated carbocycles. The Labute approximate surface area is 144 Å². The molecule has 0 bridgehead atoms. The summed E-state index contributed by atoms with van der Waals surface area (Å²) in [4.78, 5) is 27.7. The zero-order valence-electron chi connectivity index (χ0n) is 13.5. The first-order chi connectivity index (χ1) is 10.5. The predicted octanol–water partition coefficient (Wildman–Crippen LogP) is 3.74. The van der Waals surface area contributed by atoms with Gasteiger partial charge in [-0.25, -0.2) is 14.6 Å². The molecule has 0 radical (unpaired) electrons. The first-order valence-electron chi connectivity index (χ1n) is 6.66. The number of aromatic nitrogens is 1. The second-order valence-electron chi connectivity index (χ2n) is 5.63. The van der Waals surface area contributed by atoms with Gasteiger partial charge in [-0.15, -0.1) is 0 Å². The van der Waals surface area contributed by atoms with Gasteiger partial charge in [0.15, 0.2) is 0 Å². The first-order valence-corrected chi connectivity index (χ1v) is 7.41. The third kappa shape index (κ3) is 6.08. The summed E-state index contributed by atoms with van der Waals surface area (Å²) in [5.74, 6) is -0.774. The van der Waals surface area contributed by atoms with Crippen molar-refractivity contribution < 1.29 is 19.1 Å². The van der Waals surface area contributed by atoms with E-state index in [1.807, 2.05) is 0 Å². The predicted molar refractivity (Wildman–Crippen MR) is 88.4 cm³/mol. The van der Waals surface area contributed by atoms with Gasteiger partial charge in [0.25, 0.3) is 0 Å². The van der Waals surface area contributed by atoms with E-state index in [0.717, 1.165) is 0 Å². The van der Waals surface area contributed by atoms with Gasteiger partial charge in [-0.05, 0) is 39.8 Å². The fraction of sp³-hybridized carbons (Fsp3) is 0.400. The molecule has 0 spiro atoms. The van der Waals surface area contributed by atoms with Crippen LogP contribution in [0, 0.1) is 6.92 Å². The monoisotopic (exact) mass is 360 g/mol. The van der Waals surface area contributed by atoms with Gasteiger partial charge in [0.05, 0.1) is 12.1 Å². The van der Waals surface area contributed by atoms with E-state index in [2.05, 4.69) is 15.0 Å². The standard InChI is InChI=1S/C15H18Cl2N2O4/c1-8-6-10(16)9(12(17)18-8)7-11(13(20)22-5)19-14(21)23-15(2,3)4/h6-7H,1-5H3,(H,19,21). The molecule has 126 valence electrons. The SMILES string of the molecule is COC(=O)C(=Cc1c(Cl)cc(C)nc1Cl)NC(=O)OC(C)(C)C. The van der Waals surface area contributed by atoms with Crippen molar-refractivity contribution in [2.45, 2.75) is 33.3 Å². The van der Waals surface area contributed by atoms with Crippen LogP contribution in [0.4, 0.5) is 4.79 Å². The van der Waals surface area contributed by atoms with E-state index in [-0.39, 0.29) is 21.4 Å². The van der Waals surface area contributed by atoms with Gasteiger partial charge in [0.1, 0.15) is 16.5 Å². The van der Waals surface area contributed by atoms with E-state index < -0.39 is 17.7 Å². The summed E-state index contributed by atoms with van der Waals surface area (Å²) < 4.78 is 9.73. The molecule has 23 heavy (non-hydrogen) atoms. The second kappa shape index (κ2) is 7.66. The van der Waals surface area contributed by atoms with Crippen LogP contribution < -0.4 is 5.32 Å². The number of carbonyl (C=O) groups is 2. The van der Waals surface area contributed by atoms with Crippen molar-refractivity contribution in [1.82, 2.24) is 10.3 Å². The highest BCUT2D eigenvalue weighted by Gasteiger charge is 2.21. The van der Waals surface area contributed by atoms with Crippen molar-refractivity contribution >= 4 is 41.3 Å². The number of rotatable bonds is 3. The van der Waals surface area contributed by atoms with Gasteiger partial charge < -0.3 is 9.47 Å². The van der Waals surface area contributed by atoms with Gasteiger partial charge in [-0.2, -0.15) is 0 Å². The second-order valence-corrected chi connectivity index (χ2v) is 6.39. The molecule has 0 saturated heterocycles. The van der Waals surface area contributed by atoms with E-state index in [9.17, 15) is 9.59 Å². The Kier molecular flexibility index (Phi) is 6.41. The number of hydrogen-bond donors (Lipinski definition) is 1. The Morgan fingerprint density at radius 3 is 2.39 bits per heavy atom. The van der Waals surface area contributed by atoms with Crippen molar-refractivity contribution in [2.24, 2.45) is 0 Å². The van der Waals surface area contributed by atoms with E-state index in [0.29, 0.717) is 5.69 Å². The Morgan fingerprint density at radius 1 is 1.30 bits per heavy atom. The number of esters is 1. The Morgan fingerprint density at radius 2 is 1.91 bits per heavy atom. The van der Waals surface area contributed by atoms with Crippen molar-refractivity contribution in [2.75, 3.05) is 7.11 Å². The maximum absolute atomic E-state index is 11.8. The maximum atomic E-state index is 11.8. The molecular weight excluding hydrogens is 343 g/mol. The third-order valence-electron chi connectivity index (χ3n) is 2.42. The molecule has 1 amide bonds. The molecule has 0 unspecified atom stereocenters. The largest absolute Gasteiger partial charge is 0.464 e. The van der Waals surface area contributed by atoms with E-state index in [1.54, 1.807) is 33.8 Å². The summed E-state index contributed by atoms with van der Waals surface area (Å²) in [5.41, 5.74) is 0.0231. The van der Waals surface area contributed by atoms with Crippen LogP contribution >= 0.6 is 23.2 Å². The van der Waals surface area contributed by atoms with Gasteiger partial charge in [0.2, 0.25) is 0 Å². The summed E-state index contributed by atoms with van der Waals surface area (Å²) in [6.45, 7) is 6.83. The van der Waals surface area contributed by atoms with Crippen LogP contribution in [0.2, 0.25) is 10.2 Å². The third-order valence-corrected chi connectivity index (χ3v) is 3.02. The molecule has 1 rings (SSSR count). The topological polar surface area (TPSA) is 77.5 Å². The number of nitrogens with zero attached hydrogens (tertiary/aromatic N) is 1. The van der Waals surface area contributed by atoms with Crippen molar-refractivity contribution in [3.63, 3.8) is 0 Å². The lowest BCUT2D eigenvalue weighted by molar-refractivity contribution is -0.136. The van der Waals surface area contributed by atoms with Crippen LogP contribution in [0.15, 0.2) is 11.8 Å². The summed E-state index contributed by atoms with van der Waals surface area (Å²) in [6, 6.07) is 1.58.